The van der Waals surface area contributed by atoms with Gasteiger partial charge in [-0.2, -0.15) is 0 Å². The first kappa shape index (κ1) is 9.67. The van der Waals surface area contributed by atoms with Crippen molar-refractivity contribution in [1.29, 1.82) is 0 Å². The summed E-state index contributed by atoms with van der Waals surface area (Å²) in [5.41, 5.74) is 1.33. The minimum atomic E-state index is 0.510. The number of nitrogens with one attached hydrogen (secondary N) is 1. The van der Waals surface area contributed by atoms with Crippen LogP contribution in [0.2, 0.25) is 0 Å². The molecule has 3 heteroatoms. The Hall–Kier alpha value is -0.540. The molecule has 1 aromatic carbocycles. The summed E-state index contributed by atoms with van der Waals surface area (Å²) in [5.74, 6) is 1.70. The largest absolute Gasteiger partial charge is 0.493 e. The lowest BCUT2D eigenvalue weighted by Crippen LogP contribution is -2.39. The molecular weight excluding hydrogens is 254 g/mol. The van der Waals surface area contributed by atoms with E-state index in [-0.39, 0.29) is 0 Å². The van der Waals surface area contributed by atoms with Crippen LogP contribution >= 0.6 is 15.9 Å². The van der Waals surface area contributed by atoms with Gasteiger partial charge in [0.25, 0.3) is 0 Å². The second kappa shape index (κ2) is 3.80. The van der Waals surface area contributed by atoms with Crippen molar-refractivity contribution >= 4 is 15.9 Å². The van der Waals surface area contributed by atoms with Crippen molar-refractivity contribution in [3.63, 3.8) is 0 Å². The van der Waals surface area contributed by atoms with Crippen LogP contribution in [0.15, 0.2) is 22.7 Å². The zero-order valence-electron chi connectivity index (χ0n) is 8.50. The van der Waals surface area contributed by atoms with Gasteiger partial charge in [-0.05, 0) is 31.5 Å². The van der Waals surface area contributed by atoms with Crippen LogP contribution in [-0.2, 0) is 0 Å². The van der Waals surface area contributed by atoms with Crippen molar-refractivity contribution in [3.05, 3.63) is 28.2 Å². The van der Waals surface area contributed by atoms with Gasteiger partial charge in [-0.25, -0.2) is 0 Å². The first-order chi connectivity index (χ1) is 7.34. The average molecular weight is 268 g/mol. The SMILES string of the molecule is Brc1ccc2c(c1)OC[C@H]1CCCN[C@@H]21. The fraction of sp³-hybridized carbons (Fsp3) is 0.500. The van der Waals surface area contributed by atoms with Gasteiger partial charge in [-0.15, -0.1) is 0 Å². The van der Waals surface area contributed by atoms with Crippen LogP contribution in [-0.4, -0.2) is 13.2 Å². The predicted octanol–water partition coefficient (Wildman–Crippen LogP) is 2.88. The Balaban J connectivity index is 1.99. The van der Waals surface area contributed by atoms with Gasteiger partial charge >= 0.3 is 0 Å². The Kier molecular flexibility index (Phi) is 2.45. The molecule has 0 amide bonds. The number of hydrogen-bond donors (Lipinski definition) is 1. The van der Waals surface area contributed by atoms with Gasteiger partial charge in [0.2, 0.25) is 0 Å². The van der Waals surface area contributed by atoms with Gasteiger partial charge < -0.3 is 10.1 Å². The van der Waals surface area contributed by atoms with Gasteiger partial charge in [0, 0.05) is 22.0 Å². The number of rotatable bonds is 0. The molecule has 15 heavy (non-hydrogen) atoms. The van der Waals surface area contributed by atoms with Crippen LogP contribution in [0.25, 0.3) is 0 Å². The number of hydrogen-bond acceptors (Lipinski definition) is 2. The monoisotopic (exact) mass is 267 g/mol. The molecule has 2 nitrogen and oxygen atoms in total. The highest BCUT2D eigenvalue weighted by Crippen LogP contribution is 2.40. The van der Waals surface area contributed by atoms with Crippen molar-refractivity contribution in [2.75, 3.05) is 13.2 Å². The zero-order valence-corrected chi connectivity index (χ0v) is 10.1. The summed E-state index contributed by atoms with van der Waals surface area (Å²) < 4.78 is 6.90. The van der Waals surface area contributed by atoms with E-state index in [9.17, 15) is 0 Å². The van der Waals surface area contributed by atoms with E-state index in [1.54, 1.807) is 0 Å². The second-order valence-electron chi connectivity index (χ2n) is 4.33. The number of ether oxygens (including phenoxy) is 1. The lowest BCUT2D eigenvalue weighted by molar-refractivity contribution is 0.147. The lowest BCUT2D eigenvalue weighted by atomic mass is 9.85. The van der Waals surface area contributed by atoms with Crippen molar-refractivity contribution < 1.29 is 4.74 Å². The van der Waals surface area contributed by atoms with Crippen molar-refractivity contribution in [2.24, 2.45) is 5.92 Å². The van der Waals surface area contributed by atoms with E-state index < -0.39 is 0 Å². The number of halogens is 1. The molecule has 3 rings (SSSR count). The Bertz CT molecular complexity index is 380. The smallest absolute Gasteiger partial charge is 0.125 e. The van der Waals surface area contributed by atoms with E-state index in [0.29, 0.717) is 12.0 Å². The van der Waals surface area contributed by atoms with Crippen molar-refractivity contribution in [3.8, 4) is 5.75 Å². The average Bonchev–Trinajstić information content (AvgIpc) is 2.28. The standard InChI is InChI=1S/C12H14BrNO/c13-9-3-4-10-11(6-9)15-7-8-2-1-5-14-12(8)10/h3-4,6,8,12,14H,1-2,5,7H2/t8-,12-/m1/s1. The Morgan fingerprint density at radius 1 is 1.40 bits per heavy atom. The summed E-state index contributed by atoms with van der Waals surface area (Å²) in [6.45, 7) is 2.00. The number of benzene rings is 1. The molecule has 2 atom stereocenters. The van der Waals surface area contributed by atoms with Gasteiger partial charge in [0.1, 0.15) is 5.75 Å². The molecule has 2 aliphatic rings. The summed E-state index contributed by atoms with van der Waals surface area (Å²) in [4.78, 5) is 0. The molecule has 0 aliphatic carbocycles. The normalized spacial score (nSPS) is 28.9. The molecule has 0 radical (unpaired) electrons. The molecule has 0 unspecified atom stereocenters. The highest BCUT2D eigenvalue weighted by molar-refractivity contribution is 9.10. The van der Waals surface area contributed by atoms with E-state index >= 15 is 0 Å². The number of piperidine rings is 1. The van der Waals surface area contributed by atoms with Crippen LogP contribution in [0.5, 0.6) is 5.75 Å². The van der Waals surface area contributed by atoms with Crippen molar-refractivity contribution in [2.45, 2.75) is 18.9 Å². The fourth-order valence-corrected chi connectivity index (χ4v) is 2.93. The summed E-state index contributed by atoms with van der Waals surface area (Å²) in [6.07, 6.45) is 2.56. The van der Waals surface area contributed by atoms with Gasteiger partial charge in [-0.3, -0.25) is 0 Å². The molecule has 1 saturated heterocycles. The van der Waals surface area contributed by atoms with E-state index in [1.807, 2.05) is 0 Å². The number of fused-ring (bicyclic) bond motifs is 3. The minimum Gasteiger partial charge on any atom is -0.493 e. The topological polar surface area (TPSA) is 21.3 Å². The summed E-state index contributed by atoms with van der Waals surface area (Å²) in [5, 5.41) is 3.60. The Labute approximate surface area is 98.1 Å². The molecule has 80 valence electrons. The van der Waals surface area contributed by atoms with Crippen LogP contribution in [0.4, 0.5) is 0 Å². The molecule has 1 aromatic rings. The Morgan fingerprint density at radius 3 is 3.27 bits per heavy atom. The maximum Gasteiger partial charge on any atom is 0.125 e. The van der Waals surface area contributed by atoms with E-state index in [4.69, 9.17) is 4.74 Å². The first-order valence-corrected chi connectivity index (χ1v) is 6.29. The summed E-state index contributed by atoms with van der Waals surface area (Å²) in [7, 11) is 0. The van der Waals surface area contributed by atoms with Gasteiger partial charge in [-0.1, -0.05) is 22.0 Å². The zero-order chi connectivity index (χ0) is 10.3. The highest BCUT2D eigenvalue weighted by atomic mass is 79.9. The molecule has 0 aromatic heterocycles. The highest BCUT2D eigenvalue weighted by Gasteiger charge is 2.32. The van der Waals surface area contributed by atoms with Crippen LogP contribution in [0.1, 0.15) is 24.4 Å². The predicted molar refractivity (Wildman–Crippen MR) is 63.1 cm³/mol. The van der Waals surface area contributed by atoms with Crippen molar-refractivity contribution in [1.82, 2.24) is 5.32 Å². The third kappa shape index (κ3) is 1.68. The minimum absolute atomic E-state index is 0.510. The van der Waals surface area contributed by atoms with Gasteiger partial charge in [0.15, 0.2) is 0 Å². The van der Waals surface area contributed by atoms with E-state index in [1.165, 1.54) is 18.4 Å². The molecular formula is C12H14BrNO. The quantitative estimate of drug-likeness (QED) is 0.781. The lowest BCUT2D eigenvalue weighted by Gasteiger charge is -2.37. The molecule has 0 spiro atoms. The first-order valence-electron chi connectivity index (χ1n) is 5.50. The Morgan fingerprint density at radius 2 is 2.33 bits per heavy atom. The van der Waals surface area contributed by atoms with Crippen LogP contribution in [0, 0.1) is 5.92 Å². The molecule has 1 fully saturated rings. The molecule has 0 saturated carbocycles. The second-order valence-corrected chi connectivity index (χ2v) is 5.24. The third-order valence-corrected chi connectivity index (χ3v) is 3.84. The third-order valence-electron chi connectivity index (χ3n) is 3.35. The summed E-state index contributed by atoms with van der Waals surface area (Å²) in [6, 6.07) is 6.85. The van der Waals surface area contributed by atoms with E-state index in [2.05, 4.69) is 39.4 Å². The van der Waals surface area contributed by atoms with Crippen LogP contribution < -0.4 is 10.1 Å². The molecule has 1 N–H and O–H groups in total. The maximum absolute atomic E-state index is 5.80. The van der Waals surface area contributed by atoms with Gasteiger partial charge in [0.05, 0.1) is 6.61 Å². The molecule has 2 aliphatic heterocycles. The van der Waals surface area contributed by atoms with Crippen LogP contribution in [0.3, 0.4) is 0 Å². The van der Waals surface area contributed by atoms with E-state index in [0.717, 1.165) is 23.4 Å². The fourth-order valence-electron chi connectivity index (χ4n) is 2.59. The molecule has 0 bridgehead atoms. The molecule has 2 heterocycles. The maximum atomic E-state index is 5.80. The summed E-state index contributed by atoms with van der Waals surface area (Å²) >= 11 is 3.48.